The first-order chi connectivity index (χ1) is 50.4. The van der Waals surface area contributed by atoms with Crippen molar-refractivity contribution in [1.29, 1.82) is 0 Å². The van der Waals surface area contributed by atoms with Gasteiger partial charge in [-0.05, 0) is 235 Å². The van der Waals surface area contributed by atoms with Crippen LogP contribution in [-0.4, -0.2) is 81.6 Å². The summed E-state index contributed by atoms with van der Waals surface area (Å²) in [6.07, 6.45) is 40.1. The van der Waals surface area contributed by atoms with E-state index in [4.69, 9.17) is 47.4 Å². The molecule has 0 aliphatic heterocycles. The highest BCUT2D eigenvalue weighted by atomic mass is 16.7. The first-order valence-electron chi connectivity index (χ1n) is 40.0. The summed E-state index contributed by atoms with van der Waals surface area (Å²) in [5, 5.41) is 0. The SMILES string of the molecule is CCCCCC1CCC(C2CCC(C(=O)Oc3ccc(OC(=O)c4ccc(OCCCCCCCCOC(=O)CCC(=O)OCCCOC(=O)OCCCCCCCCOc5ccc(C(=O)Oc6ccc(OC(=O)C7CCC(C8CCC(CCCCC)CC8)CC7)cc6)cc5)cc4)cc3)CC2)CC1. The van der Waals surface area contributed by atoms with E-state index >= 15 is 0 Å². The largest absolute Gasteiger partial charge is 0.508 e. The van der Waals surface area contributed by atoms with Crippen LogP contribution in [0.5, 0.6) is 34.5 Å². The zero-order valence-corrected chi connectivity index (χ0v) is 62.1. The Bertz CT molecular complexity index is 3080. The number of rotatable bonds is 45. The molecule has 4 aromatic carbocycles. The minimum absolute atomic E-state index is 0.0373. The quantitative estimate of drug-likeness (QED) is 0.0174. The van der Waals surface area contributed by atoms with Crippen molar-refractivity contribution in [3.8, 4) is 34.5 Å². The summed E-state index contributed by atoms with van der Waals surface area (Å²) in [6, 6.07) is 27.0. The number of benzene rings is 4. The van der Waals surface area contributed by atoms with Gasteiger partial charge in [-0.15, -0.1) is 0 Å². The van der Waals surface area contributed by atoms with Gasteiger partial charge in [0.1, 0.15) is 34.5 Å². The summed E-state index contributed by atoms with van der Waals surface area (Å²) in [6.45, 7) is 6.26. The van der Waals surface area contributed by atoms with Gasteiger partial charge in [0.05, 0.1) is 75.4 Å². The van der Waals surface area contributed by atoms with Crippen molar-refractivity contribution in [2.24, 2.45) is 47.3 Å². The Hall–Kier alpha value is -7.43. The van der Waals surface area contributed by atoms with Crippen LogP contribution in [0.25, 0.3) is 0 Å². The van der Waals surface area contributed by atoms with E-state index in [1.165, 1.54) is 103 Å². The maximum Gasteiger partial charge on any atom is 0.508 e. The van der Waals surface area contributed by atoms with E-state index in [0.29, 0.717) is 78.3 Å². The predicted octanol–water partition coefficient (Wildman–Crippen LogP) is 20.9. The average Bonchev–Trinajstić information content (AvgIpc) is 0.846. The highest BCUT2D eigenvalue weighted by Crippen LogP contribution is 2.45. The maximum absolute atomic E-state index is 13.1. The van der Waals surface area contributed by atoms with Gasteiger partial charge in [0.15, 0.2) is 0 Å². The number of carbonyl (C=O) groups is 7. The molecule has 0 N–H and O–H groups in total. The molecule has 0 atom stereocenters. The summed E-state index contributed by atoms with van der Waals surface area (Å²) in [7, 11) is 0. The lowest BCUT2D eigenvalue weighted by Crippen LogP contribution is -2.30. The zero-order valence-electron chi connectivity index (χ0n) is 62.1. The van der Waals surface area contributed by atoms with Crippen LogP contribution < -0.4 is 28.4 Å². The van der Waals surface area contributed by atoms with Crippen LogP contribution in [0.1, 0.15) is 285 Å². The van der Waals surface area contributed by atoms with Crippen LogP contribution in [0.4, 0.5) is 4.79 Å². The van der Waals surface area contributed by atoms with Crippen LogP contribution in [0.3, 0.4) is 0 Å². The van der Waals surface area contributed by atoms with E-state index in [2.05, 4.69) is 13.8 Å². The van der Waals surface area contributed by atoms with Gasteiger partial charge >= 0.3 is 42.0 Å². The maximum atomic E-state index is 13.1. The molecule has 0 radical (unpaired) electrons. The normalized spacial score (nSPS) is 20.3. The molecule has 4 aliphatic carbocycles. The molecule has 0 unspecified atom stereocenters. The molecule has 4 fully saturated rings. The van der Waals surface area contributed by atoms with Gasteiger partial charge < -0.3 is 47.4 Å². The van der Waals surface area contributed by atoms with E-state index in [1.54, 1.807) is 97.1 Å². The van der Waals surface area contributed by atoms with Crippen LogP contribution in [-0.2, 0) is 38.1 Å². The third-order valence-corrected chi connectivity index (χ3v) is 21.8. The number of esters is 6. The lowest BCUT2D eigenvalue weighted by Gasteiger charge is -2.37. The lowest BCUT2D eigenvalue weighted by atomic mass is 9.68. The molecule has 8 rings (SSSR count). The van der Waals surface area contributed by atoms with Crippen molar-refractivity contribution >= 4 is 42.0 Å². The van der Waals surface area contributed by atoms with Crippen molar-refractivity contribution in [3.63, 3.8) is 0 Å². The van der Waals surface area contributed by atoms with Crippen molar-refractivity contribution in [1.82, 2.24) is 0 Å². The van der Waals surface area contributed by atoms with Gasteiger partial charge in [0, 0.05) is 6.42 Å². The van der Waals surface area contributed by atoms with Crippen molar-refractivity contribution in [3.05, 3.63) is 108 Å². The summed E-state index contributed by atoms with van der Waals surface area (Å²) in [5.41, 5.74) is 0.787. The van der Waals surface area contributed by atoms with Gasteiger partial charge in [-0.1, -0.05) is 142 Å². The molecule has 4 aliphatic rings. The van der Waals surface area contributed by atoms with Gasteiger partial charge in [0.2, 0.25) is 0 Å². The summed E-state index contributed by atoms with van der Waals surface area (Å²) < 4.78 is 55.2. The molecule has 4 saturated carbocycles. The first kappa shape index (κ1) is 81.2. The summed E-state index contributed by atoms with van der Waals surface area (Å²) in [5.74, 6) is 5.48. The van der Waals surface area contributed by atoms with Crippen molar-refractivity contribution in [2.75, 3.05) is 39.6 Å². The summed E-state index contributed by atoms with van der Waals surface area (Å²) >= 11 is 0. The fourth-order valence-electron chi connectivity index (χ4n) is 15.5. The zero-order chi connectivity index (χ0) is 72.5. The Morgan fingerprint density at radius 1 is 0.291 bits per heavy atom. The number of carbonyl (C=O) groups excluding carboxylic acids is 7. The Morgan fingerprint density at radius 2 is 0.583 bits per heavy atom. The van der Waals surface area contributed by atoms with Crippen LogP contribution in [0, 0.1) is 47.3 Å². The average molecular weight is 1430 g/mol. The molecule has 566 valence electrons. The Morgan fingerprint density at radius 3 is 0.942 bits per heavy atom. The van der Waals surface area contributed by atoms with E-state index in [9.17, 15) is 33.6 Å². The van der Waals surface area contributed by atoms with E-state index in [0.717, 1.165) is 158 Å². The molecule has 0 amide bonds. The van der Waals surface area contributed by atoms with E-state index in [1.807, 2.05) is 0 Å². The number of unbranched alkanes of at least 4 members (excludes halogenated alkanes) is 14. The highest BCUT2D eigenvalue weighted by molar-refractivity contribution is 5.92. The molecule has 0 spiro atoms. The fraction of sp³-hybridized carbons (Fsp3) is 0.640. The van der Waals surface area contributed by atoms with Crippen LogP contribution in [0.2, 0.25) is 0 Å². The van der Waals surface area contributed by atoms with E-state index in [-0.39, 0.29) is 56.4 Å². The van der Waals surface area contributed by atoms with Crippen molar-refractivity contribution < 1.29 is 80.9 Å². The Labute approximate surface area is 613 Å². The molecular formula is C86H120O17. The Kier molecular flexibility index (Phi) is 37.2. The van der Waals surface area contributed by atoms with Gasteiger partial charge in [-0.25, -0.2) is 14.4 Å². The molecule has 103 heavy (non-hydrogen) atoms. The van der Waals surface area contributed by atoms with Crippen LogP contribution in [0.15, 0.2) is 97.1 Å². The fourth-order valence-corrected chi connectivity index (χ4v) is 15.5. The van der Waals surface area contributed by atoms with Crippen LogP contribution >= 0.6 is 0 Å². The second-order valence-corrected chi connectivity index (χ2v) is 29.6. The molecule has 17 nitrogen and oxygen atoms in total. The van der Waals surface area contributed by atoms with Gasteiger partial charge in [-0.3, -0.25) is 19.2 Å². The third kappa shape index (κ3) is 31.0. The monoisotopic (exact) mass is 1420 g/mol. The number of hydrogen-bond acceptors (Lipinski definition) is 17. The molecule has 0 bridgehead atoms. The first-order valence-corrected chi connectivity index (χ1v) is 40.0. The second-order valence-electron chi connectivity index (χ2n) is 29.6. The topological polar surface area (TPSA) is 212 Å². The standard InChI is InChI=1S/C86H120O17/c1-3-5-15-22-64-24-28-66(29-25-64)68-32-36-70(37-33-68)82(89)100-76-48-52-78(53-49-76)102-84(91)72-40-44-74(45-41-72)94-58-17-11-7-9-13-19-60-96-80(87)56-57-81(88)97-62-21-63-99-86(93)98-61-20-14-10-8-12-18-59-95-75-46-42-73(43-47-75)85(92)103-79-54-50-77(51-55-79)101-83(90)71-38-34-69(35-39-71)67-30-26-65(27-31-67)23-16-6-4-2/h40-55,64-71H,3-39,56-63H2,1-2H3. The highest BCUT2D eigenvalue weighted by Gasteiger charge is 2.36. The molecule has 0 aromatic heterocycles. The summed E-state index contributed by atoms with van der Waals surface area (Å²) in [4.78, 5) is 88.3. The lowest BCUT2D eigenvalue weighted by molar-refractivity contribution is -0.150. The number of hydrogen-bond donors (Lipinski definition) is 0. The third-order valence-electron chi connectivity index (χ3n) is 21.8. The van der Waals surface area contributed by atoms with Gasteiger partial charge in [0.25, 0.3) is 0 Å². The number of ether oxygens (including phenoxy) is 10. The Balaban J connectivity index is 0.533. The molecule has 17 heteroatoms. The van der Waals surface area contributed by atoms with E-state index < -0.39 is 30.0 Å². The predicted molar refractivity (Wildman–Crippen MR) is 396 cm³/mol. The molecule has 0 heterocycles. The molecular weight excluding hydrogens is 1300 g/mol. The second kappa shape index (κ2) is 47.1. The van der Waals surface area contributed by atoms with Crippen molar-refractivity contribution in [2.45, 2.75) is 264 Å². The smallest absolute Gasteiger partial charge is 0.494 e. The minimum atomic E-state index is -0.765. The molecule has 0 saturated heterocycles. The van der Waals surface area contributed by atoms with Gasteiger partial charge in [-0.2, -0.15) is 0 Å². The molecule has 4 aromatic rings. The minimum Gasteiger partial charge on any atom is -0.494 e.